The summed E-state index contributed by atoms with van der Waals surface area (Å²) in [6, 6.07) is 57.8. The molecule has 0 atom stereocenters. The van der Waals surface area contributed by atoms with Crippen LogP contribution in [0.1, 0.15) is 5.56 Å². The van der Waals surface area contributed by atoms with E-state index < -0.39 is 7.26 Å². The quantitative estimate of drug-likeness (QED) is 0.212. The van der Waals surface area contributed by atoms with Gasteiger partial charge in [-0.25, -0.2) is 0 Å². The lowest BCUT2D eigenvalue weighted by molar-refractivity contribution is 1.41. The molecule has 6 rings (SSSR count). The fourth-order valence-electron chi connectivity index (χ4n) is 5.33. The largest absolute Gasteiger partial charge is 0.116 e. The molecule has 0 bridgehead atoms. The first-order valence-corrected chi connectivity index (χ1v) is 14.4. The Hall–Kier alpha value is -3.99. The first kappa shape index (κ1) is 22.5. The lowest BCUT2D eigenvalue weighted by atomic mass is 9.97. The molecule has 0 aromatic heterocycles. The van der Waals surface area contributed by atoms with Crippen molar-refractivity contribution in [2.75, 3.05) is 0 Å². The average Bonchev–Trinajstić information content (AvgIpc) is 2.97. The molecule has 0 aliphatic heterocycles. The van der Waals surface area contributed by atoms with Crippen LogP contribution in [0.15, 0.2) is 158 Å². The molecule has 0 saturated heterocycles. The highest BCUT2D eigenvalue weighted by Gasteiger charge is 2.45. The predicted octanol–water partition coefficient (Wildman–Crippen LogP) is 8.00. The van der Waals surface area contributed by atoms with Gasteiger partial charge in [-0.05, 0) is 69.9 Å². The fourth-order valence-corrected chi connectivity index (χ4v) is 9.56. The molecule has 6 aromatic carbocycles. The van der Waals surface area contributed by atoms with Crippen molar-refractivity contribution in [1.29, 1.82) is 0 Å². The summed E-state index contributed by atoms with van der Waals surface area (Å²) >= 11 is 0. The van der Waals surface area contributed by atoms with E-state index in [4.69, 9.17) is 0 Å². The fraction of sp³-hybridized carbons (Fsp3) is 0.0286. The maximum Gasteiger partial charge on any atom is 0.116 e. The smallest absolute Gasteiger partial charge is 0.0622 e. The number of benzene rings is 6. The summed E-state index contributed by atoms with van der Waals surface area (Å²) < 4.78 is 0. The van der Waals surface area contributed by atoms with E-state index in [9.17, 15) is 0 Å². The second kappa shape index (κ2) is 9.94. The van der Waals surface area contributed by atoms with E-state index in [2.05, 4.69) is 158 Å². The SMILES string of the molecule is c1ccc(-c2cccc3ccc(C[P+](c4ccccc4)(c4ccccc4)c4ccccc4)cc23)cc1. The van der Waals surface area contributed by atoms with Crippen molar-refractivity contribution in [2.24, 2.45) is 0 Å². The molecule has 0 nitrogen and oxygen atoms in total. The van der Waals surface area contributed by atoms with Crippen LogP contribution >= 0.6 is 7.26 Å². The van der Waals surface area contributed by atoms with Gasteiger partial charge in [0.15, 0.2) is 0 Å². The van der Waals surface area contributed by atoms with Crippen LogP contribution in [-0.2, 0) is 6.16 Å². The Labute approximate surface area is 214 Å². The summed E-state index contributed by atoms with van der Waals surface area (Å²) in [5, 5.41) is 6.84. The van der Waals surface area contributed by atoms with Crippen LogP contribution in [0.3, 0.4) is 0 Å². The van der Waals surface area contributed by atoms with Crippen molar-refractivity contribution in [1.82, 2.24) is 0 Å². The van der Waals surface area contributed by atoms with Gasteiger partial charge in [-0.3, -0.25) is 0 Å². The molecule has 0 N–H and O–H groups in total. The number of rotatable bonds is 6. The van der Waals surface area contributed by atoms with Crippen LogP contribution in [0.25, 0.3) is 21.9 Å². The first-order chi connectivity index (χ1) is 17.8. The summed E-state index contributed by atoms with van der Waals surface area (Å²) in [6.45, 7) is 0. The van der Waals surface area contributed by atoms with E-state index >= 15 is 0 Å². The van der Waals surface area contributed by atoms with Gasteiger partial charge >= 0.3 is 0 Å². The normalized spacial score (nSPS) is 11.4. The maximum atomic E-state index is 2.43. The van der Waals surface area contributed by atoms with Crippen molar-refractivity contribution in [3.05, 3.63) is 163 Å². The Morgan fingerprint density at radius 2 is 0.917 bits per heavy atom. The minimum atomic E-state index is -1.94. The standard InChI is InChI=1S/C35H28P/c1-5-14-29(15-6-1)34-23-13-16-30-25-24-28(26-35(30)34)27-36(31-17-7-2-8-18-31,32-19-9-3-10-20-32)33-21-11-4-12-22-33/h1-26H,27H2/q+1. The second-order valence-corrected chi connectivity index (χ2v) is 12.7. The van der Waals surface area contributed by atoms with Gasteiger partial charge in [0.1, 0.15) is 23.2 Å². The Balaban J connectivity index is 1.58. The highest BCUT2D eigenvalue weighted by Crippen LogP contribution is 2.58. The molecule has 0 aliphatic rings. The van der Waals surface area contributed by atoms with Crippen molar-refractivity contribution in [3.63, 3.8) is 0 Å². The van der Waals surface area contributed by atoms with E-state index in [1.807, 2.05) is 0 Å². The monoisotopic (exact) mass is 479 g/mol. The van der Waals surface area contributed by atoms with Gasteiger partial charge in [0, 0.05) is 0 Å². The maximum absolute atomic E-state index is 2.43. The van der Waals surface area contributed by atoms with Crippen LogP contribution < -0.4 is 15.9 Å². The zero-order valence-electron chi connectivity index (χ0n) is 20.2. The van der Waals surface area contributed by atoms with Gasteiger partial charge < -0.3 is 0 Å². The van der Waals surface area contributed by atoms with Gasteiger partial charge in [0.2, 0.25) is 0 Å². The van der Waals surface area contributed by atoms with E-state index in [1.54, 1.807) is 0 Å². The zero-order chi connectivity index (χ0) is 24.2. The topological polar surface area (TPSA) is 0 Å². The number of fused-ring (bicyclic) bond motifs is 1. The molecule has 0 saturated carbocycles. The summed E-state index contributed by atoms with van der Waals surface area (Å²) in [4.78, 5) is 0. The van der Waals surface area contributed by atoms with Crippen LogP contribution in [0.2, 0.25) is 0 Å². The molecule has 0 fully saturated rings. The van der Waals surface area contributed by atoms with Crippen LogP contribution in [-0.4, -0.2) is 0 Å². The van der Waals surface area contributed by atoms with E-state index in [0.29, 0.717) is 0 Å². The molecule has 0 spiro atoms. The van der Waals surface area contributed by atoms with Crippen LogP contribution in [0.5, 0.6) is 0 Å². The van der Waals surface area contributed by atoms with E-state index in [-0.39, 0.29) is 0 Å². The lowest BCUT2D eigenvalue weighted by Crippen LogP contribution is -2.32. The van der Waals surface area contributed by atoms with Crippen molar-refractivity contribution in [2.45, 2.75) is 6.16 Å². The Bertz CT molecular complexity index is 1480. The zero-order valence-corrected chi connectivity index (χ0v) is 21.1. The Morgan fingerprint density at radius 3 is 1.44 bits per heavy atom. The Morgan fingerprint density at radius 1 is 0.417 bits per heavy atom. The average molecular weight is 480 g/mol. The molecule has 0 aliphatic carbocycles. The van der Waals surface area contributed by atoms with Crippen LogP contribution in [0, 0.1) is 0 Å². The molecule has 0 amide bonds. The van der Waals surface area contributed by atoms with Gasteiger partial charge in [0.25, 0.3) is 0 Å². The molecule has 0 heterocycles. The van der Waals surface area contributed by atoms with Crippen molar-refractivity contribution in [3.8, 4) is 11.1 Å². The Kier molecular flexibility index (Phi) is 6.20. The first-order valence-electron chi connectivity index (χ1n) is 12.5. The van der Waals surface area contributed by atoms with Gasteiger partial charge in [-0.2, -0.15) is 0 Å². The summed E-state index contributed by atoms with van der Waals surface area (Å²) in [5.41, 5.74) is 3.92. The van der Waals surface area contributed by atoms with Gasteiger partial charge in [-0.15, -0.1) is 0 Å². The molecule has 36 heavy (non-hydrogen) atoms. The van der Waals surface area contributed by atoms with Gasteiger partial charge in [-0.1, -0.05) is 115 Å². The van der Waals surface area contributed by atoms with Crippen LogP contribution in [0.4, 0.5) is 0 Å². The number of hydrogen-bond acceptors (Lipinski definition) is 0. The predicted molar refractivity (Wildman–Crippen MR) is 158 cm³/mol. The molecule has 172 valence electrons. The van der Waals surface area contributed by atoms with E-state index in [1.165, 1.54) is 43.4 Å². The van der Waals surface area contributed by atoms with Gasteiger partial charge in [0.05, 0.1) is 6.16 Å². The van der Waals surface area contributed by atoms with Crippen molar-refractivity contribution >= 4 is 33.9 Å². The molecule has 6 aromatic rings. The third-order valence-corrected chi connectivity index (χ3v) is 11.4. The molecule has 1 heteroatoms. The lowest BCUT2D eigenvalue weighted by Gasteiger charge is -2.28. The summed E-state index contributed by atoms with van der Waals surface area (Å²) in [6.07, 6.45) is 0.976. The second-order valence-electron chi connectivity index (χ2n) is 9.20. The number of hydrogen-bond donors (Lipinski definition) is 0. The highest BCUT2D eigenvalue weighted by molar-refractivity contribution is 7.95. The minimum Gasteiger partial charge on any atom is -0.0622 e. The summed E-state index contributed by atoms with van der Waals surface area (Å²) in [5.74, 6) is 0. The third-order valence-electron chi connectivity index (χ3n) is 7.04. The minimum absolute atomic E-state index is 0.976. The third kappa shape index (κ3) is 4.15. The highest BCUT2D eigenvalue weighted by atomic mass is 31.2. The molecular weight excluding hydrogens is 451 g/mol. The van der Waals surface area contributed by atoms with E-state index in [0.717, 1.165) is 6.16 Å². The molecule has 0 radical (unpaired) electrons. The summed E-state index contributed by atoms with van der Waals surface area (Å²) in [7, 11) is -1.94. The molecule has 0 unspecified atom stereocenters. The molecular formula is C35H28P+. The van der Waals surface area contributed by atoms with Crippen molar-refractivity contribution < 1.29 is 0 Å².